The zero-order valence-corrected chi connectivity index (χ0v) is 11.9. The van der Waals surface area contributed by atoms with Crippen LogP contribution in [-0.2, 0) is 9.53 Å². The first kappa shape index (κ1) is 16.0. The first-order valence-corrected chi connectivity index (χ1v) is 6.41. The predicted molar refractivity (Wildman–Crippen MR) is 77.2 cm³/mol. The molecule has 0 aromatic heterocycles. The van der Waals surface area contributed by atoms with Gasteiger partial charge in [0.1, 0.15) is 0 Å². The normalized spacial score (nSPS) is 21.3. The van der Waals surface area contributed by atoms with E-state index < -0.39 is 6.04 Å². The van der Waals surface area contributed by atoms with Crippen LogP contribution in [0.5, 0.6) is 0 Å². The van der Waals surface area contributed by atoms with E-state index >= 15 is 0 Å². The maximum absolute atomic E-state index is 11.8. The lowest BCUT2D eigenvalue weighted by molar-refractivity contribution is -0.123. The summed E-state index contributed by atoms with van der Waals surface area (Å²) in [5.41, 5.74) is 6.68. The van der Waals surface area contributed by atoms with E-state index in [1.807, 2.05) is 30.3 Å². The summed E-state index contributed by atoms with van der Waals surface area (Å²) in [5.74, 6) is -0.139. The quantitative estimate of drug-likeness (QED) is 0.886. The highest BCUT2D eigenvalue weighted by molar-refractivity contribution is 5.85. The second-order valence-corrected chi connectivity index (χ2v) is 4.74. The first-order chi connectivity index (χ1) is 8.68. The molecule has 2 unspecified atom stereocenters. The number of rotatable bonds is 4. The lowest BCUT2D eigenvalue weighted by Crippen LogP contribution is -2.43. The SMILES string of the molecule is C[C@@H](N)C(=O)NC(c1ccccc1)C1CCCO1.Cl. The minimum atomic E-state index is -0.502. The highest BCUT2D eigenvalue weighted by atomic mass is 35.5. The number of amides is 1. The van der Waals surface area contributed by atoms with Gasteiger partial charge >= 0.3 is 0 Å². The van der Waals surface area contributed by atoms with Crippen LogP contribution in [0.4, 0.5) is 0 Å². The largest absolute Gasteiger partial charge is 0.376 e. The topological polar surface area (TPSA) is 64.4 Å². The Hall–Kier alpha value is -1.10. The molecule has 1 aliphatic rings. The summed E-state index contributed by atoms with van der Waals surface area (Å²) in [6.07, 6.45) is 2.07. The Morgan fingerprint density at radius 1 is 1.42 bits per heavy atom. The summed E-state index contributed by atoms with van der Waals surface area (Å²) in [4.78, 5) is 11.8. The van der Waals surface area contributed by atoms with Crippen molar-refractivity contribution < 1.29 is 9.53 Å². The van der Waals surface area contributed by atoms with E-state index in [2.05, 4.69) is 5.32 Å². The van der Waals surface area contributed by atoms with Crippen molar-refractivity contribution in [2.45, 2.75) is 38.0 Å². The molecule has 0 aliphatic carbocycles. The molecular weight excluding hydrogens is 264 g/mol. The summed E-state index contributed by atoms with van der Waals surface area (Å²) in [6, 6.07) is 9.31. The number of carbonyl (C=O) groups is 1. The van der Waals surface area contributed by atoms with Gasteiger partial charge in [0, 0.05) is 6.61 Å². The first-order valence-electron chi connectivity index (χ1n) is 6.41. The number of nitrogens with two attached hydrogens (primary N) is 1. The van der Waals surface area contributed by atoms with Gasteiger partial charge in [0.2, 0.25) is 5.91 Å². The van der Waals surface area contributed by atoms with Gasteiger partial charge < -0.3 is 15.8 Å². The van der Waals surface area contributed by atoms with E-state index in [1.54, 1.807) is 6.92 Å². The fraction of sp³-hybridized carbons (Fsp3) is 0.500. The molecule has 5 heteroatoms. The predicted octanol–water partition coefficient (Wildman–Crippen LogP) is 1.79. The number of carbonyl (C=O) groups excluding carboxylic acids is 1. The second-order valence-electron chi connectivity index (χ2n) is 4.74. The fourth-order valence-electron chi connectivity index (χ4n) is 2.20. The minimum Gasteiger partial charge on any atom is -0.376 e. The molecule has 1 fully saturated rings. The summed E-state index contributed by atoms with van der Waals surface area (Å²) >= 11 is 0. The minimum absolute atomic E-state index is 0. The van der Waals surface area contributed by atoms with E-state index in [0.29, 0.717) is 0 Å². The molecule has 1 amide bonds. The Morgan fingerprint density at radius 3 is 2.63 bits per heavy atom. The van der Waals surface area contributed by atoms with Crippen molar-refractivity contribution in [3.05, 3.63) is 35.9 Å². The number of hydrogen-bond donors (Lipinski definition) is 2. The summed E-state index contributed by atoms with van der Waals surface area (Å²) < 4.78 is 5.69. The molecule has 0 saturated carbocycles. The molecule has 19 heavy (non-hydrogen) atoms. The lowest BCUT2D eigenvalue weighted by Gasteiger charge is -2.25. The third-order valence-corrected chi connectivity index (χ3v) is 3.21. The summed E-state index contributed by atoms with van der Waals surface area (Å²) in [7, 11) is 0. The van der Waals surface area contributed by atoms with Gasteiger partial charge in [-0.3, -0.25) is 4.79 Å². The molecule has 1 aliphatic heterocycles. The monoisotopic (exact) mass is 284 g/mol. The Bertz CT molecular complexity index is 392. The van der Waals surface area contributed by atoms with E-state index in [1.165, 1.54) is 0 Å². The van der Waals surface area contributed by atoms with Gasteiger partial charge in [-0.25, -0.2) is 0 Å². The van der Waals surface area contributed by atoms with Crippen molar-refractivity contribution in [3.63, 3.8) is 0 Å². The number of nitrogens with one attached hydrogen (secondary N) is 1. The molecule has 3 N–H and O–H groups in total. The molecule has 4 nitrogen and oxygen atoms in total. The van der Waals surface area contributed by atoms with Gasteiger partial charge in [0.05, 0.1) is 18.2 Å². The number of ether oxygens (including phenoxy) is 1. The van der Waals surface area contributed by atoms with E-state index in [0.717, 1.165) is 25.0 Å². The van der Waals surface area contributed by atoms with Crippen LogP contribution in [0, 0.1) is 0 Å². The summed E-state index contributed by atoms with van der Waals surface area (Å²) in [5, 5.41) is 2.99. The summed E-state index contributed by atoms with van der Waals surface area (Å²) in [6.45, 7) is 2.45. The molecular formula is C14H21ClN2O2. The molecule has 1 aromatic rings. The van der Waals surface area contributed by atoms with Crippen LogP contribution >= 0.6 is 12.4 Å². The Balaban J connectivity index is 0.00000180. The third-order valence-electron chi connectivity index (χ3n) is 3.21. The molecule has 1 aromatic carbocycles. The van der Waals surface area contributed by atoms with E-state index in [-0.39, 0.29) is 30.5 Å². The molecule has 0 bridgehead atoms. The molecule has 1 heterocycles. The third kappa shape index (κ3) is 4.20. The molecule has 0 spiro atoms. The Morgan fingerprint density at radius 2 is 2.11 bits per heavy atom. The highest BCUT2D eigenvalue weighted by Gasteiger charge is 2.29. The Kier molecular flexibility index (Phi) is 6.28. The van der Waals surface area contributed by atoms with Crippen molar-refractivity contribution in [3.8, 4) is 0 Å². The van der Waals surface area contributed by atoms with E-state index in [4.69, 9.17) is 10.5 Å². The van der Waals surface area contributed by atoms with Crippen LogP contribution in [0.2, 0.25) is 0 Å². The van der Waals surface area contributed by atoms with Crippen LogP contribution in [0.15, 0.2) is 30.3 Å². The van der Waals surface area contributed by atoms with Crippen LogP contribution in [0.25, 0.3) is 0 Å². The van der Waals surface area contributed by atoms with Crippen LogP contribution in [0.3, 0.4) is 0 Å². The second kappa shape index (κ2) is 7.48. The standard InChI is InChI=1S/C14H20N2O2.ClH/c1-10(15)14(17)16-13(12-8-5-9-18-12)11-6-3-2-4-7-11;/h2-4,6-7,10,12-13H,5,8-9,15H2,1H3,(H,16,17);1H/t10-,12?,13?;/m1./s1. The maximum atomic E-state index is 11.8. The van der Waals surface area contributed by atoms with Gasteiger partial charge in [-0.05, 0) is 25.3 Å². The zero-order chi connectivity index (χ0) is 13.0. The average Bonchev–Trinajstić information content (AvgIpc) is 2.90. The van der Waals surface area contributed by atoms with Crippen molar-refractivity contribution in [1.29, 1.82) is 0 Å². The molecule has 106 valence electrons. The van der Waals surface area contributed by atoms with Crippen LogP contribution < -0.4 is 11.1 Å². The highest BCUT2D eigenvalue weighted by Crippen LogP contribution is 2.26. The van der Waals surface area contributed by atoms with Crippen molar-refractivity contribution in [2.75, 3.05) is 6.61 Å². The maximum Gasteiger partial charge on any atom is 0.237 e. The smallest absolute Gasteiger partial charge is 0.237 e. The molecule has 3 atom stereocenters. The number of halogens is 1. The lowest BCUT2D eigenvalue weighted by atomic mass is 9.99. The van der Waals surface area contributed by atoms with Gasteiger partial charge in [-0.2, -0.15) is 0 Å². The van der Waals surface area contributed by atoms with Gasteiger partial charge in [0.25, 0.3) is 0 Å². The zero-order valence-electron chi connectivity index (χ0n) is 11.0. The van der Waals surface area contributed by atoms with Gasteiger partial charge in [-0.1, -0.05) is 30.3 Å². The van der Waals surface area contributed by atoms with Crippen LogP contribution in [-0.4, -0.2) is 24.7 Å². The van der Waals surface area contributed by atoms with Crippen molar-refractivity contribution in [2.24, 2.45) is 5.73 Å². The molecule has 2 rings (SSSR count). The fourth-order valence-corrected chi connectivity index (χ4v) is 2.20. The van der Waals surface area contributed by atoms with Gasteiger partial charge in [0.15, 0.2) is 0 Å². The molecule has 1 saturated heterocycles. The van der Waals surface area contributed by atoms with Crippen LogP contribution in [0.1, 0.15) is 31.4 Å². The van der Waals surface area contributed by atoms with Gasteiger partial charge in [-0.15, -0.1) is 12.4 Å². The van der Waals surface area contributed by atoms with Crippen molar-refractivity contribution in [1.82, 2.24) is 5.32 Å². The average molecular weight is 285 g/mol. The number of benzene rings is 1. The Labute approximate surface area is 120 Å². The molecule has 0 radical (unpaired) electrons. The van der Waals surface area contributed by atoms with E-state index in [9.17, 15) is 4.79 Å². The number of hydrogen-bond acceptors (Lipinski definition) is 3. The van der Waals surface area contributed by atoms with Crippen molar-refractivity contribution >= 4 is 18.3 Å².